The molecule has 0 fully saturated rings. The van der Waals surface area contributed by atoms with Gasteiger partial charge in [0.25, 0.3) is 0 Å². The Bertz CT molecular complexity index is 234. The lowest BCUT2D eigenvalue weighted by molar-refractivity contribution is 0.312. The van der Waals surface area contributed by atoms with Crippen molar-refractivity contribution in [3.05, 3.63) is 0 Å². The maximum Gasteiger partial charge on any atom is 0.0684 e. The first-order valence-electron chi connectivity index (χ1n) is 3.92. The molecule has 0 N–H and O–H groups in total. The van der Waals surface area contributed by atoms with Crippen LogP contribution in [0.2, 0.25) is 6.32 Å². The third kappa shape index (κ3) is 2.97. The molecule has 0 aliphatic rings. The normalized spacial score (nSPS) is 15.8. The lowest BCUT2D eigenvalue weighted by Crippen LogP contribution is -2.22. The standard InChI is InChI=1S/C9H13BN2/c1-8(2,6-11)4-9(3,5-10)7-12/h4-5H2,1-3H3. The molecule has 0 aromatic carbocycles. The van der Waals surface area contributed by atoms with Crippen molar-refractivity contribution >= 4 is 7.85 Å². The topological polar surface area (TPSA) is 47.6 Å². The van der Waals surface area contributed by atoms with Crippen LogP contribution in [0.1, 0.15) is 27.2 Å². The van der Waals surface area contributed by atoms with Gasteiger partial charge < -0.3 is 0 Å². The van der Waals surface area contributed by atoms with Crippen molar-refractivity contribution in [2.75, 3.05) is 0 Å². The van der Waals surface area contributed by atoms with Crippen LogP contribution in [0, 0.1) is 33.5 Å². The van der Waals surface area contributed by atoms with Gasteiger partial charge >= 0.3 is 0 Å². The minimum Gasteiger partial charge on any atom is -0.198 e. The fraction of sp³-hybridized carbons (Fsp3) is 0.778. The van der Waals surface area contributed by atoms with Crippen molar-refractivity contribution in [2.24, 2.45) is 10.8 Å². The van der Waals surface area contributed by atoms with Gasteiger partial charge in [0.05, 0.1) is 25.4 Å². The van der Waals surface area contributed by atoms with E-state index in [0.29, 0.717) is 12.7 Å². The van der Waals surface area contributed by atoms with Crippen molar-refractivity contribution in [3.8, 4) is 12.1 Å². The summed E-state index contributed by atoms with van der Waals surface area (Å²) in [5.41, 5.74) is -1.04. The summed E-state index contributed by atoms with van der Waals surface area (Å²) in [7, 11) is 5.45. The Balaban J connectivity index is 4.46. The summed E-state index contributed by atoms with van der Waals surface area (Å²) in [5, 5.41) is 17.6. The fourth-order valence-electron chi connectivity index (χ4n) is 1.17. The van der Waals surface area contributed by atoms with E-state index in [1.165, 1.54) is 0 Å². The van der Waals surface area contributed by atoms with E-state index < -0.39 is 10.8 Å². The summed E-state index contributed by atoms with van der Waals surface area (Å²) in [5.74, 6) is 0. The summed E-state index contributed by atoms with van der Waals surface area (Å²) in [4.78, 5) is 0. The van der Waals surface area contributed by atoms with Crippen LogP contribution in [0.15, 0.2) is 0 Å². The molecule has 0 amide bonds. The third-order valence-corrected chi connectivity index (χ3v) is 1.86. The average Bonchev–Trinajstić information content (AvgIpc) is 2.04. The summed E-state index contributed by atoms with van der Waals surface area (Å²) in [6, 6.07) is 4.30. The molecular formula is C9H13BN2. The number of hydrogen-bond donors (Lipinski definition) is 0. The van der Waals surface area contributed by atoms with E-state index in [4.69, 9.17) is 18.4 Å². The Morgan fingerprint density at radius 3 is 1.92 bits per heavy atom. The maximum absolute atomic E-state index is 8.80. The Labute approximate surface area is 75.6 Å². The fourth-order valence-corrected chi connectivity index (χ4v) is 1.17. The molecule has 1 unspecified atom stereocenters. The number of rotatable bonds is 3. The van der Waals surface area contributed by atoms with Gasteiger partial charge in [-0.1, -0.05) is 6.32 Å². The molecule has 1 atom stereocenters. The van der Waals surface area contributed by atoms with Crippen LogP contribution in [-0.4, -0.2) is 7.85 Å². The van der Waals surface area contributed by atoms with E-state index in [0.717, 1.165) is 0 Å². The zero-order chi connectivity index (χ0) is 9.83. The Hall–Kier alpha value is -0.955. The molecule has 0 aromatic rings. The molecule has 0 spiro atoms. The second-order valence-electron chi connectivity index (χ2n) is 4.05. The molecule has 12 heavy (non-hydrogen) atoms. The number of hydrogen-bond acceptors (Lipinski definition) is 2. The van der Waals surface area contributed by atoms with Gasteiger partial charge in [-0.2, -0.15) is 10.5 Å². The highest BCUT2D eigenvalue weighted by Crippen LogP contribution is 2.34. The highest BCUT2D eigenvalue weighted by atomic mass is 14.4. The van der Waals surface area contributed by atoms with Crippen molar-refractivity contribution in [1.29, 1.82) is 10.5 Å². The monoisotopic (exact) mass is 160 g/mol. The highest BCUT2D eigenvalue weighted by Gasteiger charge is 2.30. The first-order valence-corrected chi connectivity index (χ1v) is 3.92. The van der Waals surface area contributed by atoms with E-state index in [-0.39, 0.29) is 0 Å². The van der Waals surface area contributed by atoms with Crippen molar-refractivity contribution < 1.29 is 0 Å². The largest absolute Gasteiger partial charge is 0.198 e. The molecule has 0 saturated heterocycles. The van der Waals surface area contributed by atoms with Crippen molar-refractivity contribution in [2.45, 2.75) is 33.5 Å². The SMILES string of the molecule is [B]CC(C)(C#N)CC(C)(C)C#N. The molecule has 0 heterocycles. The van der Waals surface area contributed by atoms with Crippen molar-refractivity contribution in [1.82, 2.24) is 0 Å². The van der Waals surface area contributed by atoms with Crippen LogP contribution in [0.5, 0.6) is 0 Å². The third-order valence-electron chi connectivity index (χ3n) is 1.86. The molecule has 62 valence electrons. The molecule has 0 aliphatic heterocycles. The van der Waals surface area contributed by atoms with Gasteiger partial charge in [0.15, 0.2) is 0 Å². The molecule has 0 saturated carbocycles. The Kier molecular flexibility index (Phi) is 3.34. The molecule has 2 radical (unpaired) electrons. The Morgan fingerprint density at radius 1 is 1.17 bits per heavy atom. The van der Waals surface area contributed by atoms with E-state index in [1.54, 1.807) is 6.92 Å². The first-order chi connectivity index (χ1) is 5.39. The van der Waals surface area contributed by atoms with Crippen LogP contribution < -0.4 is 0 Å². The summed E-state index contributed by atoms with van der Waals surface area (Å²) in [6.45, 7) is 5.42. The van der Waals surface area contributed by atoms with Gasteiger partial charge in [-0.25, -0.2) is 0 Å². The van der Waals surface area contributed by atoms with Crippen molar-refractivity contribution in [3.63, 3.8) is 0 Å². The minimum absolute atomic E-state index is 0.300. The highest BCUT2D eigenvalue weighted by molar-refractivity contribution is 6.09. The predicted octanol–water partition coefficient (Wildman–Crippen LogP) is 2.04. The van der Waals surface area contributed by atoms with Gasteiger partial charge in [-0.15, -0.1) is 0 Å². The molecule has 0 aliphatic carbocycles. The van der Waals surface area contributed by atoms with Gasteiger partial charge in [0.1, 0.15) is 0 Å². The predicted molar refractivity (Wildman–Crippen MR) is 48.3 cm³/mol. The van der Waals surface area contributed by atoms with Crippen LogP contribution in [0.25, 0.3) is 0 Å². The number of nitriles is 2. The summed E-state index contributed by atoms with van der Waals surface area (Å²) < 4.78 is 0. The van der Waals surface area contributed by atoms with Gasteiger partial charge in [-0.3, -0.25) is 0 Å². The van der Waals surface area contributed by atoms with Gasteiger partial charge in [0.2, 0.25) is 0 Å². The van der Waals surface area contributed by atoms with Crippen LogP contribution in [0.3, 0.4) is 0 Å². The number of nitrogens with zero attached hydrogens (tertiary/aromatic N) is 2. The molecule has 0 aromatic heterocycles. The van der Waals surface area contributed by atoms with E-state index >= 15 is 0 Å². The van der Waals surface area contributed by atoms with E-state index in [2.05, 4.69) is 12.1 Å². The smallest absolute Gasteiger partial charge is 0.0684 e. The lowest BCUT2D eigenvalue weighted by Gasteiger charge is -2.26. The van der Waals surface area contributed by atoms with Crippen LogP contribution in [0.4, 0.5) is 0 Å². The maximum atomic E-state index is 8.80. The Morgan fingerprint density at radius 2 is 1.67 bits per heavy atom. The summed E-state index contributed by atoms with van der Waals surface area (Å²) >= 11 is 0. The molecule has 2 nitrogen and oxygen atoms in total. The molecule has 0 rings (SSSR count). The summed E-state index contributed by atoms with van der Waals surface area (Å²) in [6.07, 6.45) is 0.818. The average molecular weight is 160 g/mol. The molecular weight excluding hydrogens is 147 g/mol. The minimum atomic E-state index is -0.570. The van der Waals surface area contributed by atoms with Crippen LogP contribution in [-0.2, 0) is 0 Å². The second-order valence-corrected chi connectivity index (χ2v) is 4.05. The van der Waals surface area contributed by atoms with Crippen LogP contribution >= 0.6 is 0 Å². The molecule has 0 bridgehead atoms. The molecule has 3 heteroatoms. The van der Waals surface area contributed by atoms with Gasteiger partial charge in [-0.05, 0) is 27.2 Å². The second kappa shape index (κ2) is 3.63. The van der Waals surface area contributed by atoms with E-state index in [9.17, 15) is 0 Å². The zero-order valence-corrected chi connectivity index (χ0v) is 7.89. The first kappa shape index (κ1) is 11.0. The quantitative estimate of drug-likeness (QED) is 0.593. The zero-order valence-electron chi connectivity index (χ0n) is 7.89. The van der Waals surface area contributed by atoms with Gasteiger partial charge in [0, 0.05) is 5.41 Å². The van der Waals surface area contributed by atoms with E-state index in [1.807, 2.05) is 13.8 Å². The lowest BCUT2D eigenvalue weighted by atomic mass is 9.69.